The van der Waals surface area contributed by atoms with Gasteiger partial charge in [-0.05, 0) is 24.6 Å². The van der Waals surface area contributed by atoms with Gasteiger partial charge in [0.2, 0.25) is 0 Å². The number of rotatable bonds is 2. The molecular formula is C19H21NO. The molecule has 108 valence electrons. The van der Waals surface area contributed by atoms with Gasteiger partial charge in [0.15, 0.2) is 0 Å². The third-order valence-corrected chi connectivity index (χ3v) is 5.01. The highest BCUT2D eigenvalue weighted by Gasteiger charge is 2.58. The highest BCUT2D eigenvalue weighted by atomic mass is 16.2. The Kier molecular flexibility index (Phi) is 3.12. The van der Waals surface area contributed by atoms with Crippen molar-refractivity contribution in [3.8, 4) is 0 Å². The van der Waals surface area contributed by atoms with Crippen molar-refractivity contribution in [1.29, 1.82) is 0 Å². The average molecular weight is 279 g/mol. The summed E-state index contributed by atoms with van der Waals surface area (Å²) in [6.07, 6.45) is 0. The first-order valence-corrected chi connectivity index (χ1v) is 7.39. The standard InChI is InChI=1S/C19H21NO/c1-18(2)14-20(17(21)15-10-6-4-7-11-15)19(18,3)16-12-8-5-9-13-16/h4-13H,14H2,1-3H3. The smallest absolute Gasteiger partial charge is 0.254 e. The van der Waals surface area contributed by atoms with E-state index < -0.39 is 0 Å². The lowest BCUT2D eigenvalue weighted by molar-refractivity contribution is -0.106. The molecule has 3 rings (SSSR count). The molecule has 1 fully saturated rings. The second-order valence-electron chi connectivity index (χ2n) is 6.58. The van der Waals surface area contributed by atoms with Gasteiger partial charge in [0.25, 0.3) is 5.91 Å². The second-order valence-corrected chi connectivity index (χ2v) is 6.58. The minimum absolute atomic E-state index is 0.0682. The molecule has 2 aromatic rings. The minimum atomic E-state index is -0.263. The molecule has 2 nitrogen and oxygen atoms in total. The Labute approximate surface area is 126 Å². The highest BCUT2D eigenvalue weighted by Crippen LogP contribution is 2.53. The lowest BCUT2D eigenvalue weighted by atomic mass is 9.60. The topological polar surface area (TPSA) is 20.3 Å². The van der Waals surface area contributed by atoms with E-state index in [1.54, 1.807) is 0 Å². The Morgan fingerprint density at radius 2 is 1.43 bits per heavy atom. The molecular weight excluding hydrogens is 258 g/mol. The first kappa shape index (κ1) is 13.9. The van der Waals surface area contributed by atoms with Gasteiger partial charge in [0.1, 0.15) is 0 Å². The van der Waals surface area contributed by atoms with Crippen LogP contribution >= 0.6 is 0 Å². The number of nitrogens with zero attached hydrogens (tertiary/aromatic N) is 1. The Balaban J connectivity index is 1.99. The normalized spacial score (nSPS) is 23.5. The predicted molar refractivity (Wildman–Crippen MR) is 85.1 cm³/mol. The molecule has 0 bridgehead atoms. The summed E-state index contributed by atoms with van der Waals surface area (Å²) < 4.78 is 0. The van der Waals surface area contributed by atoms with E-state index in [9.17, 15) is 4.79 Å². The third-order valence-electron chi connectivity index (χ3n) is 5.01. The summed E-state index contributed by atoms with van der Waals surface area (Å²) in [5, 5.41) is 0. The number of amides is 1. The molecule has 21 heavy (non-hydrogen) atoms. The summed E-state index contributed by atoms with van der Waals surface area (Å²) in [6.45, 7) is 7.42. The molecule has 0 saturated carbocycles. The molecule has 1 amide bonds. The fraction of sp³-hybridized carbons (Fsp3) is 0.316. The SMILES string of the molecule is CC1(C)CN(C(=O)c2ccccc2)C1(C)c1ccccc1. The van der Waals surface area contributed by atoms with E-state index in [0.717, 1.165) is 12.1 Å². The number of likely N-dealkylation sites (tertiary alicyclic amines) is 1. The van der Waals surface area contributed by atoms with Crippen LogP contribution in [-0.2, 0) is 5.54 Å². The van der Waals surface area contributed by atoms with Gasteiger partial charge < -0.3 is 4.90 Å². The van der Waals surface area contributed by atoms with Crippen molar-refractivity contribution in [3.05, 3.63) is 71.8 Å². The Hall–Kier alpha value is -2.09. The van der Waals surface area contributed by atoms with Crippen LogP contribution in [0.1, 0.15) is 36.7 Å². The van der Waals surface area contributed by atoms with Gasteiger partial charge in [-0.25, -0.2) is 0 Å². The summed E-state index contributed by atoms with van der Waals surface area (Å²) in [5.41, 5.74) is 1.76. The molecule has 0 N–H and O–H groups in total. The van der Waals surface area contributed by atoms with Crippen LogP contribution in [0.15, 0.2) is 60.7 Å². The molecule has 1 unspecified atom stereocenters. The largest absolute Gasteiger partial charge is 0.328 e. The molecule has 0 radical (unpaired) electrons. The summed E-state index contributed by atoms with van der Waals surface area (Å²) in [7, 11) is 0. The molecule has 2 heteroatoms. The zero-order chi connectivity index (χ0) is 15.1. The number of benzene rings is 2. The number of carbonyl (C=O) groups is 1. The molecule has 1 atom stereocenters. The van der Waals surface area contributed by atoms with E-state index in [4.69, 9.17) is 0 Å². The monoisotopic (exact) mass is 279 g/mol. The quantitative estimate of drug-likeness (QED) is 0.811. The van der Waals surface area contributed by atoms with E-state index in [0.29, 0.717) is 0 Å². The maximum absolute atomic E-state index is 12.8. The molecule has 1 saturated heterocycles. The van der Waals surface area contributed by atoms with E-state index in [1.807, 2.05) is 53.4 Å². The fourth-order valence-corrected chi connectivity index (χ4v) is 3.30. The third kappa shape index (κ3) is 1.98. The van der Waals surface area contributed by atoms with Crippen LogP contribution in [-0.4, -0.2) is 17.4 Å². The molecule has 1 heterocycles. The summed E-state index contributed by atoms with van der Waals surface area (Å²) in [6, 6.07) is 19.9. The Bertz CT molecular complexity index is 648. The number of hydrogen-bond donors (Lipinski definition) is 0. The van der Waals surface area contributed by atoms with E-state index in [2.05, 4.69) is 32.9 Å². The second kappa shape index (κ2) is 4.73. The van der Waals surface area contributed by atoms with Gasteiger partial charge >= 0.3 is 0 Å². The fourth-order valence-electron chi connectivity index (χ4n) is 3.30. The number of hydrogen-bond acceptors (Lipinski definition) is 1. The molecule has 0 aliphatic carbocycles. The first-order chi connectivity index (χ1) is 9.97. The van der Waals surface area contributed by atoms with Crippen LogP contribution in [0.5, 0.6) is 0 Å². The van der Waals surface area contributed by atoms with Crippen molar-refractivity contribution >= 4 is 5.91 Å². The summed E-state index contributed by atoms with van der Waals surface area (Å²) >= 11 is 0. The average Bonchev–Trinajstić information content (AvgIpc) is 2.53. The zero-order valence-corrected chi connectivity index (χ0v) is 12.8. The zero-order valence-electron chi connectivity index (χ0n) is 12.8. The van der Waals surface area contributed by atoms with Crippen LogP contribution in [0.3, 0.4) is 0 Å². The summed E-state index contributed by atoms with van der Waals surface area (Å²) in [4.78, 5) is 14.8. The van der Waals surface area contributed by atoms with Crippen molar-refractivity contribution in [3.63, 3.8) is 0 Å². The highest BCUT2D eigenvalue weighted by molar-refractivity contribution is 5.95. The molecule has 1 aliphatic heterocycles. The van der Waals surface area contributed by atoms with E-state index in [-0.39, 0.29) is 16.9 Å². The van der Waals surface area contributed by atoms with Gasteiger partial charge in [-0.3, -0.25) is 4.79 Å². The van der Waals surface area contributed by atoms with Crippen molar-refractivity contribution in [2.75, 3.05) is 6.54 Å². The maximum Gasteiger partial charge on any atom is 0.254 e. The minimum Gasteiger partial charge on any atom is -0.328 e. The molecule has 1 aliphatic rings. The summed E-state index contributed by atoms with van der Waals surface area (Å²) in [5.74, 6) is 0.112. The number of carbonyl (C=O) groups excluding carboxylic acids is 1. The van der Waals surface area contributed by atoms with Gasteiger partial charge in [-0.1, -0.05) is 62.4 Å². The van der Waals surface area contributed by atoms with E-state index in [1.165, 1.54) is 5.56 Å². The molecule has 2 aromatic carbocycles. The van der Waals surface area contributed by atoms with E-state index >= 15 is 0 Å². The molecule has 0 spiro atoms. The van der Waals surface area contributed by atoms with Crippen molar-refractivity contribution in [2.24, 2.45) is 5.41 Å². The van der Waals surface area contributed by atoms with Crippen molar-refractivity contribution < 1.29 is 4.79 Å². The van der Waals surface area contributed by atoms with Gasteiger partial charge in [-0.2, -0.15) is 0 Å². The lowest BCUT2D eigenvalue weighted by Crippen LogP contribution is -2.69. The van der Waals surface area contributed by atoms with Crippen LogP contribution in [0.4, 0.5) is 0 Å². The van der Waals surface area contributed by atoms with Crippen LogP contribution in [0.25, 0.3) is 0 Å². The van der Waals surface area contributed by atoms with Crippen LogP contribution < -0.4 is 0 Å². The lowest BCUT2D eigenvalue weighted by Gasteiger charge is -2.63. The Morgan fingerprint density at radius 1 is 0.905 bits per heavy atom. The van der Waals surface area contributed by atoms with Crippen LogP contribution in [0.2, 0.25) is 0 Å². The predicted octanol–water partition coefficient (Wildman–Crippen LogP) is 4.08. The van der Waals surface area contributed by atoms with Crippen molar-refractivity contribution in [2.45, 2.75) is 26.3 Å². The van der Waals surface area contributed by atoms with Gasteiger partial charge in [0, 0.05) is 17.5 Å². The van der Waals surface area contributed by atoms with Crippen molar-refractivity contribution in [1.82, 2.24) is 4.90 Å². The van der Waals surface area contributed by atoms with Crippen LogP contribution in [0, 0.1) is 5.41 Å². The van der Waals surface area contributed by atoms with Gasteiger partial charge in [-0.15, -0.1) is 0 Å². The first-order valence-electron chi connectivity index (χ1n) is 7.39. The molecule has 0 aromatic heterocycles. The maximum atomic E-state index is 12.8. The Morgan fingerprint density at radius 3 is 1.95 bits per heavy atom. The van der Waals surface area contributed by atoms with Gasteiger partial charge in [0.05, 0.1) is 5.54 Å².